The third-order valence-corrected chi connectivity index (χ3v) is 15.7. The molecule has 1 aromatic heterocycles. The minimum atomic E-state index is -2.27. The summed E-state index contributed by atoms with van der Waals surface area (Å²) >= 11 is 0. The molecule has 1 aromatic carbocycles. The summed E-state index contributed by atoms with van der Waals surface area (Å²) in [5.41, 5.74) is 14.0. The van der Waals surface area contributed by atoms with Gasteiger partial charge in [-0.2, -0.15) is 0 Å². The Morgan fingerprint density at radius 2 is 1.51 bits per heavy atom. The number of unbranched alkanes of at least 4 members (excludes halogenated alkanes) is 1. The molecule has 0 radical (unpaired) electrons. The van der Waals surface area contributed by atoms with Crippen LogP contribution in [-0.4, -0.2) is 13.7 Å². The Morgan fingerprint density at radius 3 is 2.08 bits per heavy atom. The van der Waals surface area contributed by atoms with Crippen LogP contribution in [0, 0.1) is 75.6 Å². The maximum absolute atomic E-state index is 4.21. The first-order chi connectivity index (χ1) is 28.3. The molecule has 0 saturated carbocycles. The van der Waals surface area contributed by atoms with Gasteiger partial charge in [-0.25, -0.2) is 3.97 Å². The van der Waals surface area contributed by atoms with Gasteiger partial charge in [0.2, 0.25) is 11.4 Å². The molecular formula is C58H87N2S+. The number of nitrogens with zero attached hydrogens (tertiary/aromatic N) is 2. The summed E-state index contributed by atoms with van der Waals surface area (Å²) in [4.78, 5) is 0. The van der Waals surface area contributed by atoms with Crippen molar-refractivity contribution in [2.45, 2.75) is 189 Å². The van der Waals surface area contributed by atoms with Crippen LogP contribution in [0.4, 0.5) is 0 Å². The van der Waals surface area contributed by atoms with E-state index >= 15 is 0 Å². The number of benzene rings is 1. The predicted molar refractivity (Wildman–Crippen MR) is 273 cm³/mol. The molecule has 2 unspecified atom stereocenters. The van der Waals surface area contributed by atoms with E-state index in [-0.39, 0.29) is 16.2 Å². The van der Waals surface area contributed by atoms with Crippen molar-refractivity contribution in [1.29, 1.82) is 0 Å². The highest BCUT2D eigenvalue weighted by atomic mass is 32.3. The van der Waals surface area contributed by atoms with Crippen LogP contribution in [0.1, 0.15) is 198 Å². The molecule has 3 heteroatoms. The molecule has 0 fully saturated rings. The van der Waals surface area contributed by atoms with Crippen LogP contribution in [0.3, 0.4) is 0 Å². The molecule has 2 aromatic rings. The number of aryl methyl sites for hydroxylation is 2. The quantitative estimate of drug-likeness (QED) is 0.0775. The highest BCUT2D eigenvalue weighted by Crippen LogP contribution is 2.64. The number of hydrogen-bond donors (Lipinski definition) is 0. The Labute approximate surface area is 378 Å². The number of allylic oxidation sites excluding steroid dienone is 6. The van der Waals surface area contributed by atoms with E-state index in [0.29, 0.717) is 17.3 Å². The van der Waals surface area contributed by atoms with Gasteiger partial charge in [-0.15, -0.1) is 10.6 Å². The van der Waals surface area contributed by atoms with Crippen molar-refractivity contribution in [3.63, 3.8) is 0 Å². The van der Waals surface area contributed by atoms with Crippen molar-refractivity contribution in [1.82, 2.24) is 3.97 Å². The van der Waals surface area contributed by atoms with Gasteiger partial charge in [0.05, 0.1) is 11.3 Å². The van der Waals surface area contributed by atoms with Crippen LogP contribution in [0.25, 0.3) is 11.1 Å². The van der Waals surface area contributed by atoms with Gasteiger partial charge < -0.3 is 0 Å². The molecule has 3 heterocycles. The van der Waals surface area contributed by atoms with Gasteiger partial charge in [0.25, 0.3) is 0 Å². The Hall–Kier alpha value is -3.40. The lowest BCUT2D eigenvalue weighted by atomic mass is 9.68. The molecule has 5 rings (SSSR count). The number of aromatic nitrogens is 1. The average molecular weight is 844 g/mol. The van der Waals surface area contributed by atoms with Gasteiger partial charge in [0, 0.05) is 51.7 Å². The fourth-order valence-corrected chi connectivity index (χ4v) is 12.9. The normalized spacial score (nSPS) is 19.8. The molecule has 0 saturated heterocycles. The molecular weight excluding hydrogens is 757 g/mol. The van der Waals surface area contributed by atoms with Crippen molar-refractivity contribution in [3.8, 4) is 22.3 Å². The van der Waals surface area contributed by atoms with Crippen molar-refractivity contribution < 1.29 is 3.98 Å². The summed E-state index contributed by atoms with van der Waals surface area (Å²) in [6, 6.07) is 13.4. The minimum Gasteiger partial charge on any atom is -0.238 e. The van der Waals surface area contributed by atoms with Gasteiger partial charge in [-0.05, 0) is 122 Å². The minimum absolute atomic E-state index is 0.135. The van der Waals surface area contributed by atoms with Crippen molar-refractivity contribution in [2.75, 3.05) is 0 Å². The number of rotatable bonds is 14. The smallest absolute Gasteiger partial charge is 0.230 e. The largest absolute Gasteiger partial charge is 0.238 e. The highest BCUT2D eigenvalue weighted by molar-refractivity contribution is 8.35. The Bertz CT molecular complexity index is 2140. The molecule has 61 heavy (non-hydrogen) atoms. The van der Waals surface area contributed by atoms with Gasteiger partial charge in [-0.3, -0.25) is 0 Å². The summed E-state index contributed by atoms with van der Waals surface area (Å²) in [5, 5.41) is 8.36. The maximum atomic E-state index is 4.21. The van der Waals surface area contributed by atoms with Crippen LogP contribution in [0.2, 0.25) is 0 Å². The zero-order chi connectivity index (χ0) is 45.7. The molecule has 0 N–H and O–H groups in total. The lowest BCUT2D eigenvalue weighted by molar-refractivity contribution is -0.283. The van der Waals surface area contributed by atoms with E-state index in [1.165, 1.54) is 75.5 Å². The third kappa shape index (κ3) is 11.4. The van der Waals surface area contributed by atoms with Gasteiger partial charge in [0.15, 0.2) is 10.4 Å². The molecule has 2 aliphatic heterocycles. The Balaban J connectivity index is 0.00000196. The Morgan fingerprint density at radius 1 is 0.885 bits per heavy atom. The SMILES string of the molecule is C=CCCCC1=C2C(C)=C3C(=[N+]2S(C#CCC(CC(C)C)C(C)(C)CCC(C)(C)C)(C#CCC(C)(C)CCC)n2c(C)cc(C)c21)C=C(c1ccccc1)C3(C)C.CC(C)C. The van der Waals surface area contributed by atoms with E-state index in [0.717, 1.165) is 50.9 Å². The topological polar surface area (TPSA) is 7.94 Å². The van der Waals surface area contributed by atoms with E-state index in [2.05, 4.69) is 210 Å². The molecule has 1 aliphatic carbocycles. The van der Waals surface area contributed by atoms with E-state index in [1.54, 1.807) is 0 Å². The summed E-state index contributed by atoms with van der Waals surface area (Å²) in [5.74, 6) is 9.88. The van der Waals surface area contributed by atoms with Crippen molar-refractivity contribution >= 4 is 27.3 Å². The first-order valence-corrected chi connectivity index (χ1v) is 25.4. The van der Waals surface area contributed by atoms with Crippen LogP contribution < -0.4 is 0 Å². The first-order valence-electron chi connectivity index (χ1n) is 23.9. The molecule has 3 aliphatic rings. The predicted octanol–water partition coefficient (Wildman–Crippen LogP) is 17.3. The summed E-state index contributed by atoms with van der Waals surface area (Å²) in [6.45, 7) is 46.5. The van der Waals surface area contributed by atoms with E-state index in [4.69, 9.17) is 0 Å². The first kappa shape index (κ1) is 50.2. The molecule has 2 nitrogen and oxygen atoms in total. The highest BCUT2D eigenvalue weighted by Gasteiger charge is 2.57. The van der Waals surface area contributed by atoms with Gasteiger partial charge >= 0.3 is 0 Å². The van der Waals surface area contributed by atoms with E-state index in [1.807, 2.05) is 0 Å². The summed E-state index contributed by atoms with van der Waals surface area (Å²) < 4.78 is 5.36. The van der Waals surface area contributed by atoms with Crippen molar-refractivity contribution in [2.24, 2.45) is 39.4 Å². The number of fused-ring (bicyclic) bond motifs is 3. The second kappa shape index (κ2) is 20.0. The Kier molecular flexibility index (Phi) is 16.5. The van der Waals surface area contributed by atoms with Crippen molar-refractivity contribution in [3.05, 3.63) is 94.5 Å². The van der Waals surface area contributed by atoms with Crippen LogP contribution >= 0.6 is 10.4 Å². The molecule has 2 atom stereocenters. The standard InChI is InChI=1S/C54H77N2S.C4H10/c1-17-19-21-29-45-49-40(5)37-41(6)55(49)57(35-25-31-52(11,12)30-18-2,34-24-28-44(36-39(3)4)53(13,14)33-32-51(8,9)10)56-47-38-46(43-26-22-20-23-27-43)54(15,16)48(47)42(7)50(45)56;1-4(2)3/h17,20,22-23,26-27,37-39,44H,1,18-19,21,28-33,36H2,2-16H3;4H,1-3H3/q+1;. The monoisotopic (exact) mass is 844 g/mol. The fraction of sp³-hybridized carbons (Fsp3) is 0.603. The lowest BCUT2D eigenvalue weighted by Gasteiger charge is -2.37. The van der Waals surface area contributed by atoms with Crippen LogP contribution in [0.5, 0.6) is 0 Å². The van der Waals surface area contributed by atoms with Gasteiger partial charge in [-0.1, -0.05) is 159 Å². The molecule has 334 valence electrons. The number of hydrogen-bond acceptors (Lipinski definition) is 0. The van der Waals surface area contributed by atoms with E-state index in [9.17, 15) is 0 Å². The fourth-order valence-electron chi connectivity index (χ4n) is 9.84. The van der Waals surface area contributed by atoms with Crippen LogP contribution in [-0.2, 0) is 0 Å². The maximum Gasteiger partial charge on any atom is 0.230 e. The lowest BCUT2D eigenvalue weighted by Crippen LogP contribution is -2.31. The summed E-state index contributed by atoms with van der Waals surface area (Å²) in [6.07, 6.45) is 15.3. The van der Waals surface area contributed by atoms with Crippen LogP contribution in [0.15, 0.2) is 72.0 Å². The summed E-state index contributed by atoms with van der Waals surface area (Å²) in [7, 11) is -2.27. The molecule has 0 amide bonds. The zero-order valence-corrected chi connectivity index (χ0v) is 43.2. The second-order valence-electron chi connectivity index (χ2n) is 22.9. The average Bonchev–Trinajstić information content (AvgIpc) is 3.73. The molecule has 0 bridgehead atoms. The molecule has 0 spiro atoms. The third-order valence-electron chi connectivity index (χ3n) is 13.0. The zero-order valence-electron chi connectivity index (χ0n) is 42.4. The second-order valence-corrected chi connectivity index (χ2v) is 25.1. The van der Waals surface area contributed by atoms with Gasteiger partial charge in [0.1, 0.15) is 0 Å². The van der Waals surface area contributed by atoms with E-state index < -0.39 is 10.4 Å².